The quantitative estimate of drug-likeness (QED) is 0.450. The molecule has 0 amide bonds. The van der Waals surface area contributed by atoms with Crippen LogP contribution >= 0.6 is 0 Å². The topological polar surface area (TPSA) is 29.5 Å². The van der Waals surface area contributed by atoms with Gasteiger partial charge in [0.2, 0.25) is 0 Å². The maximum Gasteiger partial charge on any atom is 0.0740 e. The van der Waals surface area contributed by atoms with Crippen LogP contribution in [0, 0.1) is 0 Å². The average Bonchev–Trinajstić information content (AvgIpc) is 1.98. The van der Waals surface area contributed by atoms with Crippen molar-refractivity contribution in [3.63, 3.8) is 0 Å². The van der Waals surface area contributed by atoms with E-state index in [1.165, 1.54) is 6.08 Å². The van der Waals surface area contributed by atoms with Crippen LogP contribution in [0.2, 0.25) is 0 Å². The van der Waals surface area contributed by atoms with Crippen molar-refractivity contribution in [2.24, 2.45) is 0 Å². The molecule has 0 spiro atoms. The Balaban J connectivity index is 2.95. The molecule has 0 heterocycles. The van der Waals surface area contributed by atoms with E-state index in [-0.39, 0.29) is 0 Å². The van der Waals surface area contributed by atoms with E-state index in [1.54, 1.807) is 0 Å². The Morgan fingerprint density at radius 2 is 2.30 bits per heavy atom. The molecule has 0 aliphatic heterocycles. The highest BCUT2D eigenvalue weighted by molar-refractivity contribution is 4.77. The second-order valence-electron chi connectivity index (χ2n) is 2.20. The van der Waals surface area contributed by atoms with Crippen molar-refractivity contribution in [2.75, 3.05) is 13.2 Å². The molecule has 0 fully saturated rings. The summed E-state index contributed by atoms with van der Waals surface area (Å²) in [5.41, 5.74) is 0. The molecule has 0 rings (SSSR count). The van der Waals surface area contributed by atoms with E-state index in [4.69, 9.17) is 9.84 Å². The molecule has 60 valence electrons. The first-order valence-corrected chi connectivity index (χ1v) is 3.69. The van der Waals surface area contributed by atoms with Crippen molar-refractivity contribution in [3.05, 3.63) is 12.7 Å². The molecule has 0 bridgehead atoms. The van der Waals surface area contributed by atoms with Crippen molar-refractivity contribution < 1.29 is 9.84 Å². The van der Waals surface area contributed by atoms with Crippen LogP contribution in [0.5, 0.6) is 0 Å². The SMILES string of the molecule is C=CC(O)CCOCCC. The minimum Gasteiger partial charge on any atom is -0.389 e. The maximum atomic E-state index is 8.96. The molecule has 0 saturated carbocycles. The molecular weight excluding hydrogens is 128 g/mol. The molecule has 0 saturated heterocycles. The number of rotatable bonds is 6. The van der Waals surface area contributed by atoms with Crippen molar-refractivity contribution in [3.8, 4) is 0 Å². The largest absolute Gasteiger partial charge is 0.389 e. The van der Waals surface area contributed by atoms with Crippen LogP contribution in [0.3, 0.4) is 0 Å². The minimum absolute atomic E-state index is 0.406. The van der Waals surface area contributed by atoms with Crippen LogP contribution in [-0.4, -0.2) is 24.4 Å². The highest BCUT2D eigenvalue weighted by Crippen LogP contribution is 1.92. The first-order chi connectivity index (χ1) is 4.81. The van der Waals surface area contributed by atoms with E-state index in [9.17, 15) is 0 Å². The van der Waals surface area contributed by atoms with Gasteiger partial charge < -0.3 is 9.84 Å². The Morgan fingerprint density at radius 1 is 1.60 bits per heavy atom. The fraction of sp³-hybridized carbons (Fsp3) is 0.750. The highest BCUT2D eigenvalue weighted by atomic mass is 16.5. The predicted octanol–water partition coefficient (Wildman–Crippen LogP) is 1.35. The van der Waals surface area contributed by atoms with Gasteiger partial charge in [0.25, 0.3) is 0 Å². The summed E-state index contributed by atoms with van der Waals surface area (Å²) < 4.78 is 5.15. The second kappa shape index (κ2) is 6.78. The predicted molar refractivity (Wildman–Crippen MR) is 41.9 cm³/mol. The number of hydrogen-bond donors (Lipinski definition) is 1. The lowest BCUT2D eigenvalue weighted by Gasteiger charge is -2.04. The van der Waals surface area contributed by atoms with Gasteiger partial charge in [0.05, 0.1) is 6.10 Å². The molecule has 1 N–H and O–H groups in total. The summed E-state index contributed by atoms with van der Waals surface area (Å²) in [5.74, 6) is 0. The van der Waals surface area contributed by atoms with E-state index in [0.29, 0.717) is 13.0 Å². The summed E-state index contributed by atoms with van der Waals surface area (Å²) in [4.78, 5) is 0. The number of aliphatic hydroxyl groups excluding tert-OH is 1. The normalized spacial score (nSPS) is 13.0. The lowest BCUT2D eigenvalue weighted by atomic mass is 10.3. The fourth-order valence-corrected chi connectivity index (χ4v) is 0.568. The molecule has 10 heavy (non-hydrogen) atoms. The Kier molecular flexibility index (Phi) is 6.55. The van der Waals surface area contributed by atoms with Crippen LogP contribution < -0.4 is 0 Å². The standard InChI is InChI=1S/C8H16O2/c1-3-6-10-7-5-8(9)4-2/h4,8-9H,2-3,5-7H2,1H3. The molecule has 0 aliphatic carbocycles. The van der Waals surface area contributed by atoms with Crippen LogP contribution in [-0.2, 0) is 4.74 Å². The summed E-state index contributed by atoms with van der Waals surface area (Å²) in [6.45, 7) is 6.92. The van der Waals surface area contributed by atoms with Crippen LogP contribution in [0.15, 0.2) is 12.7 Å². The molecule has 0 aromatic heterocycles. The fourth-order valence-electron chi connectivity index (χ4n) is 0.568. The summed E-state index contributed by atoms with van der Waals surface area (Å²) >= 11 is 0. The molecule has 0 aromatic rings. The van der Waals surface area contributed by atoms with Gasteiger partial charge in [-0.05, 0) is 6.42 Å². The third-order valence-corrected chi connectivity index (χ3v) is 1.18. The van der Waals surface area contributed by atoms with Gasteiger partial charge in [0, 0.05) is 19.6 Å². The summed E-state index contributed by atoms with van der Waals surface area (Å²) in [5, 5.41) is 8.96. The minimum atomic E-state index is -0.406. The van der Waals surface area contributed by atoms with E-state index < -0.39 is 6.10 Å². The second-order valence-corrected chi connectivity index (χ2v) is 2.20. The van der Waals surface area contributed by atoms with Gasteiger partial charge in [-0.25, -0.2) is 0 Å². The van der Waals surface area contributed by atoms with Gasteiger partial charge in [0.15, 0.2) is 0 Å². The van der Waals surface area contributed by atoms with E-state index >= 15 is 0 Å². The van der Waals surface area contributed by atoms with Crippen molar-refractivity contribution in [1.82, 2.24) is 0 Å². The van der Waals surface area contributed by atoms with E-state index in [0.717, 1.165) is 13.0 Å². The summed E-state index contributed by atoms with van der Waals surface area (Å²) in [6, 6.07) is 0. The van der Waals surface area contributed by atoms with Crippen molar-refractivity contribution in [1.29, 1.82) is 0 Å². The zero-order valence-corrected chi connectivity index (χ0v) is 6.55. The highest BCUT2D eigenvalue weighted by Gasteiger charge is 1.95. The van der Waals surface area contributed by atoms with Crippen LogP contribution in [0.25, 0.3) is 0 Å². The lowest BCUT2D eigenvalue weighted by Crippen LogP contribution is -2.07. The molecule has 0 radical (unpaired) electrons. The van der Waals surface area contributed by atoms with Gasteiger partial charge in [-0.1, -0.05) is 13.0 Å². The van der Waals surface area contributed by atoms with Gasteiger partial charge in [-0.3, -0.25) is 0 Å². The Morgan fingerprint density at radius 3 is 2.80 bits per heavy atom. The van der Waals surface area contributed by atoms with Crippen LogP contribution in [0.1, 0.15) is 19.8 Å². The third kappa shape index (κ3) is 5.79. The monoisotopic (exact) mass is 144 g/mol. The van der Waals surface area contributed by atoms with E-state index in [2.05, 4.69) is 13.5 Å². The Labute approximate surface area is 62.5 Å². The Hall–Kier alpha value is -0.340. The molecule has 2 nitrogen and oxygen atoms in total. The molecule has 0 aliphatic rings. The van der Waals surface area contributed by atoms with Gasteiger partial charge >= 0.3 is 0 Å². The van der Waals surface area contributed by atoms with Gasteiger partial charge in [-0.15, -0.1) is 6.58 Å². The Bertz CT molecular complexity index is 81.3. The molecule has 2 heteroatoms. The first kappa shape index (κ1) is 9.66. The summed E-state index contributed by atoms with van der Waals surface area (Å²) in [7, 11) is 0. The van der Waals surface area contributed by atoms with Gasteiger partial charge in [-0.2, -0.15) is 0 Å². The summed E-state index contributed by atoms with van der Waals surface area (Å²) in [6.07, 6.45) is 2.81. The number of hydrogen-bond acceptors (Lipinski definition) is 2. The maximum absolute atomic E-state index is 8.96. The lowest BCUT2D eigenvalue weighted by molar-refractivity contribution is 0.0990. The molecule has 0 aromatic carbocycles. The zero-order valence-electron chi connectivity index (χ0n) is 6.55. The smallest absolute Gasteiger partial charge is 0.0740 e. The van der Waals surface area contributed by atoms with Crippen molar-refractivity contribution >= 4 is 0 Å². The molecule has 1 atom stereocenters. The third-order valence-electron chi connectivity index (χ3n) is 1.18. The van der Waals surface area contributed by atoms with Gasteiger partial charge in [0.1, 0.15) is 0 Å². The van der Waals surface area contributed by atoms with Crippen LogP contribution in [0.4, 0.5) is 0 Å². The van der Waals surface area contributed by atoms with E-state index in [1.807, 2.05) is 0 Å². The first-order valence-electron chi connectivity index (χ1n) is 3.69. The molecule has 1 unspecified atom stereocenters. The molecular formula is C8H16O2. The van der Waals surface area contributed by atoms with Crippen molar-refractivity contribution in [2.45, 2.75) is 25.9 Å². The average molecular weight is 144 g/mol. The number of ether oxygens (including phenoxy) is 1. The number of aliphatic hydroxyl groups is 1. The zero-order chi connectivity index (χ0) is 7.82.